The van der Waals surface area contributed by atoms with Gasteiger partial charge in [0.1, 0.15) is 11.5 Å². The first-order valence-corrected chi connectivity index (χ1v) is 11.9. The third-order valence-electron chi connectivity index (χ3n) is 4.21. The van der Waals surface area contributed by atoms with E-state index in [0.717, 1.165) is 23.7 Å². The fourth-order valence-corrected chi connectivity index (χ4v) is 4.46. The van der Waals surface area contributed by atoms with Crippen LogP contribution in [0.5, 0.6) is 0 Å². The Morgan fingerprint density at radius 2 is 1.84 bits per heavy atom. The summed E-state index contributed by atoms with van der Waals surface area (Å²) in [7, 11) is -3.45. The number of halogens is 5. The average molecular weight is 503 g/mol. The minimum atomic E-state index is -4.90. The van der Waals surface area contributed by atoms with Crippen LogP contribution in [0.15, 0.2) is 65.6 Å². The van der Waals surface area contributed by atoms with Gasteiger partial charge in [0, 0.05) is 16.2 Å². The summed E-state index contributed by atoms with van der Waals surface area (Å²) in [6.45, 7) is 0. The normalized spacial score (nSPS) is 12.6. The molecule has 1 aromatic heterocycles. The van der Waals surface area contributed by atoms with Gasteiger partial charge in [0.2, 0.25) is 0 Å². The van der Waals surface area contributed by atoms with E-state index in [1.54, 1.807) is 18.2 Å². The van der Waals surface area contributed by atoms with Gasteiger partial charge in [0.05, 0.1) is 21.2 Å². The van der Waals surface area contributed by atoms with Crippen LogP contribution in [-0.2, 0) is 9.84 Å². The van der Waals surface area contributed by atoms with Gasteiger partial charge in [-0.05, 0) is 54.1 Å². The molecule has 11 heteroatoms. The summed E-state index contributed by atoms with van der Waals surface area (Å²) in [5, 5.41) is 10.1. The maximum absolute atomic E-state index is 14.2. The molecule has 1 heterocycles. The molecule has 0 aliphatic rings. The van der Waals surface area contributed by atoms with Gasteiger partial charge < -0.3 is 5.32 Å². The molecule has 0 spiro atoms. The number of hydrogen-bond acceptors (Lipinski definition) is 5. The van der Waals surface area contributed by atoms with E-state index in [9.17, 15) is 26.0 Å². The van der Waals surface area contributed by atoms with E-state index in [4.69, 9.17) is 17.0 Å². The van der Waals surface area contributed by atoms with Gasteiger partial charge >= 0.3 is 6.18 Å². The van der Waals surface area contributed by atoms with Crippen molar-refractivity contribution in [2.75, 3.05) is 11.6 Å². The molecule has 3 aromatic rings. The lowest BCUT2D eigenvalue weighted by atomic mass is 10.2. The van der Waals surface area contributed by atoms with Crippen LogP contribution in [0.1, 0.15) is 4.88 Å². The molecular formula is C21H15ClF4N2O2S2. The topological polar surface area (TPSA) is 70.0 Å². The summed E-state index contributed by atoms with van der Waals surface area (Å²) in [6.07, 6.45) is -3.27. The summed E-state index contributed by atoms with van der Waals surface area (Å²) in [5.74, 6) is -0.739. The lowest BCUT2D eigenvalue weighted by molar-refractivity contribution is -0.0583. The predicted molar refractivity (Wildman–Crippen MR) is 120 cm³/mol. The Labute approximate surface area is 190 Å². The number of thiophene rings is 1. The number of sulfone groups is 1. The predicted octanol–water partition coefficient (Wildman–Crippen LogP) is 6.65. The second kappa shape index (κ2) is 9.05. The summed E-state index contributed by atoms with van der Waals surface area (Å²) in [4.78, 5) is 0.945. The van der Waals surface area contributed by atoms with Crippen molar-refractivity contribution in [3.8, 4) is 10.4 Å². The van der Waals surface area contributed by atoms with E-state index < -0.39 is 27.5 Å². The lowest BCUT2D eigenvalue weighted by Gasteiger charge is -2.13. The number of nitrogens with one attached hydrogen (secondary N) is 2. The molecule has 0 unspecified atom stereocenters. The number of hydrogen-bond donors (Lipinski definition) is 2. The van der Waals surface area contributed by atoms with Gasteiger partial charge in [0.25, 0.3) is 0 Å². The van der Waals surface area contributed by atoms with Gasteiger partial charge in [-0.1, -0.05) is 23.7 Å². The molecular weight excluding hydrogens is 488 g/mol. The van der Waals surface area contributed by atoms with E-state index in [-0.39, 0.29) is 26.2 Å². The molecule has 0 radical (unpaired) electrons. The number of benzene rings is 2. The summed E-state index contributed by atoms with van der Waals surface area (Å²) < 4.78 is 76.8. The van der Waals surface area contributed by atoms with Crippen molar-refractivity contribution in [1.82, 2.24) is 0 Å². The molecule has 0 aliphatic heterocycles. The molecule has 0 atom stereocenters. The molecule has 0 saturated heterocycles. The monoisotopic (exact) mass is 502 g/mol. The Morgan fingerprint density at radius 1 is 1.12 bits per heavy atom. The standard InChI is InChI=1S/C21H15ClF4N2O2S2/c1-32(29,30)14-4-2-3-12(9-14)18-7-8-19(31-18)17(11-20(27)21(24,25)26)28-16-10-13(22)5-6-15(16)23/h2-11,27-28H,1H3/b17-11-,27-20?. The highest BCUT2D eigenvalue weighted by atomic mass is 35.5. The zero-order valence-corrected chi connectivity index (χ0v) is 18.7. The number of alkyl halides is 3. The molecule has 0 fully saturated rings. The molecule has 4 nitrogen and oxygen atoms in total. The smallest absolute Gasteiger partial charge is 0.352 e. The summed E-state index contributed by atoms with van der Waals surface area (Å²) >= 11 is 6.92. The third-order valence-corrected chi connectivity index (χ3v) is 6.72. The van der Waals surface area contributed by atoms with Crippen molar-refractivity contribution in [2.45, 2.75) is 11.1 Å². The molecule has 0 bridgehead atoms. The van der Waals surface area contributed by atoms with Gasteiger partial charge in [-0.15, -0.1) is 11.3 Å². The Balaban J connectivity index is 2.05. The maximum atomic E-state index is 14.2. The third kappa shape index (κ3) is 5.76. The van der Waals surface area contributed by atoms with Crippen LogP contribution in [0.2, 0.25) is 5.02 Å². The van der Waals surface area contributed by atoms with Gasteiger partial charge in [-0.25, -0.2) is 12.8 Å². The molecule has 0 amide bonds. The van der Waals surface area contributed by atoms with Crippen molar-refractivity contribution >= 4 is 49.9 Å². The van der Waals surface area contributed by atoms with E-state index in [1.807, 2.05) is 0 Å². The zero-order valence-electron chi connectivity index (χ0n) is 16.3. The highest BCUT2D eigenvalue weighted by Crippen LogP contribution is 2.35. The van der Waals surface area contributed by atoms with E-state index in [2.05, 4.69) is 5.32 Å². The summed E-state index contributed by atoms with van der Waals surface area (Å²) in [5.41, 5.74) is -1.41. The average Bonchev–Trinajstić information content (AvgIpc) is 3.19. The van der Waals surface area contributed by atoms with Crippen LogP contribution in [0.4, 0.5) is 23.2 Å². The maximum Gasteiger partial charge on any atom is 0.432 e. The van der Waals surface area contributed by atoms with Crippen molar-refractivity contribution in [2.24, 2.45) is 0 Å². The zero-order chi connectivity index (χ0) is 23.7. The van der Waals surface area contributed by atoms with E-state index in [0.29, 0.717) is 16.5 Å². The van der Waals surface area contributed by atoms with Gasteiger partial charge in [0.15, 0.2) is 9.84 Å². The second-order valence-corrected chi connectivity index (χ2v) is 10.2. The van der Waals surface area contributed by atoms with Crippen LogP contribution in [0, 0.1) is 11.2 Å². The summed E-state index contributed by atoms with van der Waals surface area (Å²) in [6, 6.07) is 12.8. The number of rotatable bonds is 6. The van der Waals surface area contributed by atoms with Gasteiger partial charge in [-0.2, -0.15) is 13.2 Å². The van der Waals surface area contributed by atoms with Crippen molar-refractivity contribution in [1.29, 1.82) is 5.41 Å². The van der Waals surface area contributed by atoms with Crippen LogP contribution >= 0.6 is 22.9 Å². The largest absolute Gasteiger partial charge is 0.432 e. The Morgan fingerprint density at radius 3 is 2.50 bits per heavy atom. The fraction of sp³-hybridized carbons (Fsp3) is 0.0952. The van der Waals surface area contributed by atoms with Crippen LogP contribution in [0.25, 0.3) is 16.1 Å². The molecule has 32 heavy (non-hydrogen) atoms. The first-order chi connectivity index (χ1) is 14.8. The van der Waals surface area contributed by atoms with Crippen molar-refractivity contribution in [3.63, 3.8) is 0 Å². The minimum Gasteiger partial charge on any atom is -0.352 e. The quantitative estimate of drug-likeness (QED) is 0.293. The Bertz CT molecular complexity index is 1320. The molecule has 2 N–H and O–H groups in total. The van der Waals surface area contributed by atoms with Crippen LogP contribution < -0.4 is 5.32 Å². The van der Waals surface area contributed by atoms with E-state index in [1.165, 1.54) is 30.3 Å². The molecule has 2 aromatic carbocycles. The highest BCUT2D eigenvalue weighted by molar-refractivity contribution is 7.90. The second-order valence-electron chi connectivity index (χ2n) is 6.68. The first kappa shape index (κ1) is 24.0. The van der Waals surface area contributed by atoms with Gasteiger partial charge in [-0.3, -0.25) is 5.41 Å². The van der Waals surface area contributed by atoms with Crippen LogP contribution in [-0.4, -0.2) is 26.6 Å². The SMILES string of the molecule is CS(=O)(=O)c1cccc(-c2ccc(/C(=C/C(=N)C(F)(F)F)Nc3cc(Cl)ccc3F)s2)c1. The first-order valence-electron chi connectivity index (χ1n) is 8.85. The minimum absolute atomic E-state index is 0.0960. The lowest BCUT2D eigenvalue weighted by Crippen LogP contribution is -2.20. The highest BCUT2D eigenvalue weighted by Gasteiger charge is 2.33. The van der Waals surface area contributed by atoms with E-state index >= 15 is 0 Å². The Kier molecular flexibility index (Phi) is 6.77. The molecule has 168 valence electrons. The van der Waals surface area contributed by atoms with Crippen molar-refractivity contribution in [3.05, 3.63) is 76.4 Å². The fourth-order valence-electron chi connectivity index (χ4n) is 2.65. The molecule has 0 saturated carbocycles. The van der Waals surface area contributed by atoms with Crippen LogP contribution in [0.3, 0.4) is 0 Å². The molecule has 0 aliphatic carbocycles. The van der Waals surface area contributed by atoms with Crippen molar-refractivity contribution < 1.29 is 26.0 Å². The number of allylic oxidation sites excluding steroid dienone is 1. The number of anilines is 1. The Hall–Kier alpha value is -2.69. The molecule has 3 rings (SSSR count).